The molecule has 20 heavy (non-hydrogen) atoms. The van der Waals surface area contributed by atoms with E-state index in [0.29, 0.717) is 11.6 Å². The Kier molecular flexibility index (Phi) is 3.12. The fourth-order valence-electron chi connectivity index (χ4n) is 2.10. The maximum atomic E-state index is 10.7. The topological polar surface area (TPSA) is 61.0 Å². The molecule has 0 unspecified atom stereocenters. The zero-order chi connectivity index (χ0) is 14.1. The first-order chi connectivity index (χ1) is 9.65. The minimum atomic E-state index is -0.412. The minimum Gasteiger partial charge on any atom is -0.260 e. The number of fused-ring (bicyclic) bond motifs is 1. The zero-order valence-electron chi connectivity index (χ0n) is 10.4. The van der Waals surface area contributed by atoms with Crippen molar-refractivity contribution >= 4 is 28.2 Å². The Balaban J connectivity index is 2.01. The summed E-state index contributed by atoms with van der Waals surface area (Å²) >= 11 is 6.13. The summed E-state index contributed by atoms with van der Waals surface area (Å²) in [6.07, 6.45) is 1.62. The summed E-state index contributed by atoms with van der Waals surface area (Å²) in [5, 5.41) is 16.4. The first kappa shape index (κ1) is 12.6. The minimum absolute atomic E-state index is 0.0646. The largest absolute Gasteiger partial charge is 0.270 e. The number of benzene rings is 2. The number of aromatic nitrogens is 2. The van der Waals surface area contributed by atoms with Gasteiger partial charge in [-0.05, 0) is 17.7 Å². The molecule has 0 aliphatic carbocycles. The van der Waals surface area contributed by atoms with Crippen LogP contribution in [0.5, 0.6) is 0 Å². The van der Waals surface area contributed by atoms with Crippen LogP contribution in [0.2, 0.25) is 5.02 Å². The van der Waals surface area contributed by atoms with Gasteiger partial charge in [0.25, 0.3) is 5.69 Å². The van der Waals surface area contributed by atoms with E-state index in [0.717, 1.165) is 16.5 Å². The Labute approximate surface area is 119 Å². The molecule has 6 heteroatoms. The second-order valence-corrected chi connectivity index (χ2v) is 4.80. The summed E-state index contributed by atoms with van der Waals surface area (Å²) in [6, 6.07) is 12.2. The van der Waals surface area contributed by atoms with E-state index in [1.54, 1.807) is 16.9 Å². The van der Waals surface area contributed by atoms with E-state index in [1.807, 2.05) is 24.3 Å². The Bertz CT molecular complexity index is 798. The number of hydrogen-bond donors (Lipinski definition) is 0. The number of rotatable bonds is 3. The van der Waals surface area contributed by atoms with Gasteiger partial charge in [0.15, 0.2) is 0 Å². The second-order valence-electron chi connectivity index (χ2n) is 4.39. The third kappa shape index (κ3) is 2.23. The van der Waals surface area contributed by atoms with Gasteiger partial charge < -0.3 is 0 Å². The van der Waals surface area contributed by atoms with Crippen LogP contribution < -0.4 is 0 Å². The van der Waals surface area contributed by atoms with E-state index in [1.165, 1.54) is 12.1 Å². The van der Waals surface area contributed by atoms with Gasteiger partial charge in [-0.1, -0.05) is 29.8 Å². The Morgan fingerprint density at radius 1 is 1.25 bits per heavy atom. The average molecular weight is 288 g/mol. The maximum Gasteiger partial charge on any atom is 0.270 e. The van der Waals surface area contributed by atoms with E-state index >= 15 is 0 Å². The molecule has 0 aliphatic heterocycles. The summed E-state index contributed by atoms with van der Waals surface area (Å²) in [4.78, 5) is 10.3. The molecular formula is C14H10ClN3O2. The molecule has 0 saturated carbocycles. The molecule has 3 rings (SSSR count). The lowest BCUT2D eigenvalue weighted by atomic mass is 10.2. The molecule has 5 nitrogen and oxygen atoms in total. The van der Waals surface area contributed by atoms with Crippen LogP contribution in [-0.2, 0) is 6.54 Å². The van der Waals surface area contributed by atoms with Crippen molar-refractivity contribution in [3.8, 4) is 0 Å². The monoisotopic (exact) mass is 287 g/mol. The Hall–Kier alpha value is -2.40. The predicted molar refractivity (Wildman–Crippen MR) is 76.9 cm³/mol. The van der Waals surface area contributed by atoms with E-state index < -0.39 is 4.92 Å². The molecule has 0 amide bonds. The molecule has 0 spiro atoms. The molecule has 1 aromatic heterocycles. The van der Waals surface area contributed by atoms with Gasteiger partial charge in [-0.3, -0.25) is 14.8 Å². The zero-order valence-corrected chi connectivity index (χ0v) is 11.1. The molecule has 0 atom stereocenters. The van der Waals surface area contributed by atoms with Crippen LogP contribution in [-0.4, -0.2) is 14.7 Å². The van der Waals surface area contributed by atoms with Gasteiger partial charge in [-0.2, -0.15) is 5.10 Å². The molecule has 1 heterocycles. The molecular weight excluding hydrogens is 278 g/mol. The quantitative estimate of drug-likeness (QED) is 0.546. The smallest absolute Gasteiger partial charge is 0.260 e. The first-order valence-corrected chi connectivity index (χ1v) is 6.36. The number of non-ortho nitro benzene ring substituents is 1. The lowest BCUT2D eigenvalue weighted by Crippen LogP contribution is -2.01. The molecule has 0 N–H and O–H groups in total. The van der Waals surface area contributed by atoms with Crippen LogP contribution in [0.15, 0.2) is 48.7 Å². The highest BCUT2D eigenvalue weighted by atomic mass is 35.5. The SMILES string of the molecule is O=[N+]([O-])c1ccc2c(cnn2Cc2ccccc2Cl)c1. The Morgan fingerprint density at radius 2 is 2.05 bits per heavy atom. The van der Waals surface area contributed by atoms with Gasteiger partial charge in [0.05, 0.1) is 23.2 Å². The van der Waals surface area contributed by atoms with Crippen molar-refractivity contribution < 1.29 is 4.92 Å². The molecule has 100 valence electrons. The highest BCUT2D eigenvalue weighted by molar-refractivity contribution is 6.31. The number of halogens is 1. The predicted octanol–water partition coefficient (Wildman–Crippen LogP) is 3.65. The van der Waals surface area contributed by atoms with E-state index in [4.69, 9.17) is 11.6 Å². The van der Waals surface area contributed by atoms with Gasteiger partial charge in [-0.15, -0.1) is 0 Å². The number of nitrogens with zero attached hydrogens (tertiary/aromatic N) is 3. The van der Waals surface area contributed by atoms with Crippen molar-refractivity contribution in [2.45, 2.75) is 6.54 Å². The van der Waals surface area contributed by atoms with Crippen LogP contribution in [0.1, 0.15) is 5.56 Å². The normalized spacial score (nSPS) is 10.8. The summed E-state index contributed by atoms with van der Waals surface area (Å²) in [5.74, 6) is 0. The number of nitro benzene ring substituents is 1. The second kappa shape index (κ2) is 4.94. The van der Waals surface area contributed by atoms with Crippen LogP contribution in [0.4, 0.5) is 5.69 Å². The lowest BCUT2D eigenvalue weighted by molar-refractivity contribution is -0.384. The summed E-state index contributed by atoms with van der Waals surface area (Å²) < 4.78 is 1.78. The van der Waals surface area contributed by atoms with Crippen LogP contribution in [0.3, 0.4) is 0 Å². The lowest BCUT2D eigenvalue weighted by Gasteiger charge is -2.05. The third-order valence-electron chi connectivity index (χ3n) is 3.11. The van der Waals surface area contributed by atoms with E-state index in [9.17, 15) is 10.1 Å². The van der Waals surface area contributed by atoms with Crippen LogP contribution >= 0.6 is 11.6 Å². The molecule has 0 radical (unpaired) electrons. The van der Waals surface area contributed by atoms with Gasteiger partial charge in [-0.25, -0.2) is 0 Å². The van der Waals surface area contributed by atoms with Crippen LogP contribution in [0, 0.1) is 10.1 Å². The molecule has 3 aromatic rings. The highest BCUT2D eigenvalue weighted by Gasteiger charge is 2.10. The highest BCUT2D eigenvalue weighted by Crippen LogP contribution is 2.22. The van der Waals surface area contributed by atoms with Gasteiger partial charge >= 0.3 is 0 Å². The van der Waals surface area contributed by atoms with Gasteiger partial charge in [0.2, 0.25) is 0 Å². The maximum absolute atomic E-state index is 10.7. The van der Waals surface area contributed by atoms with Crippen molar-refractivity contribution in [2.24, 2.45) is 0 Å². The summed E-state index contributed by atoms with van der Waals surface area (Å²) in [7, 11) is 0. The van der Waals surface area contributed by atoms with E-state index in [2.05, 4.69) is 5.10 Å². The van der Waals surface area contributed by atoms with Crippen molar-refractivity contribution in [3.63, 3.8) is 0 Å². The molecule has 0 saturated heterocycles. The molecule has 2 aromatic carbocycles. The van der Waals surface area contributed by atoms with E-state index in [-0.39, 0.29) is 5.69 Å². The van der Waals surface area contributed by atoms with Crippen molar-refractivity contribution in [1.29, 1.82) is 0 Å². The van der Waals surface area contributed by atoms with Crippen molar-refractivity contribution in [2.75, 3.05) is 0 Å². The van der Waals surface area contributed by atoms with Gasteiger partial charge in [0.1, 0.15) is 0 Å². The molecule has 0 fully saturated rings. The van der Waals surface area contributed by atoms with Crippen LogP contribution in [0.25, 0.3) is 10.9 Å². The first-order valence-electron chi connectivity index (χ1n) is 5.98. The summed E-state index contributed by atoms with van der Waals surface area (Å²) in [5.41, 5.74) is 1.86. The average Bonchev–Trinajstić information content (AvgIpc) is 2.84. The molecule has 0 bridgehead atoms. The van der Waals surface area contributed by atoms with Gasteiger partial charge in [0, 0.05) is 22.5 Å². The molecule has 0 aliphatic rings. The Morgan fingerprint density at radius 3 is 2.80 bits per heavy atom. The summed E-state index contributed by atoms with van der Waals surface area (Å²) in [6.45, 7) is 0.529. The third-order valence-corrected chi connectivity index (χ3v) is 3.48. The number of hydrogen-bond acceptors (Lipinski definition) is 3. The van der Waals surface area contributed by atoms with Crippen molar-refractivity contribution in [1.82, 2.24) is 9.78 Å². The number of nitro groups is 1. The van der Waals surface area contributed by atoms with Crippen molar-refractivity contribution in [3.05, 3.63) is 69.4 Å². The fourth-order valence-corrected chi connectivity index (χ4v) is 2.30. The standard InChI is InChI=1S/C14H10ClN3O2/c15-13-4-2-1-3-10(13)9-17-14-6-5-12(18(19)20)7-11(14)8-16-17/h1-8H,9H2. The fraction of sp³-hybridized carbons (Fsp3) is 0.0714.